The van der Waals surface area contributed by atoms with Gasteiger partial charge in [0.15, 0.2) is 0 Å². The van der Waals surface area contributed by atoms with Crippen LogP contribution >= 0.6 is 11.3 Å². The maximum Gasteiger partial charge on any atom is 0.0445 e. The van der Waals surface area contributed by atoms with Crippen molar-refractivity contribution in [2.45, 2.75) is 53.5 Å². The van der Waals surface area contributed by atoms with Crippen LogP contribution in [0.25, 0.3) is 0 Å². The van der Waals surface area contributed by atoms with Crippen LogP contribution in [0.5, 0.6) is 0 Å². The zero-order valence-electron chi connectivity index (χ0n) is 11.3. The third-order valence-electron chi connectivity index (χ3n) is 3.31. The van der Waals surface area contributed by atoms with Gasteiger partial charge < -0.3 is 5.32 Å². The highest BCUT2D eigenvalue weighted by atomic mass is 32.1. The van der Waals surface area contributed by atoms with Crippen molar-refractivity contribution in [2.75, 3.05) is 6.54 Å². The second-order valence-electron chi connectivity index (χ2n) is 4.52. The van der Waals surface area contributed by atoms with Gasteiger partial charge in [-0.1, -0.05) is 33.6 Å². The number of hydrogen-bond donors (Lipinski definition) is 1. The molecule has 0 aliphatic rings. The van der Waals surface area contributed by atoms with Crippen molar-refractivity contribution in [3.05, 3.63) is 21.4 Å². The summed E-state index contributed by atoms with van der Waals surface area (Å²) in [4.78, 5) is 2.98. The molecule has 1 nitrogen and oxygen atoms in total. The quantitative estimate of drug-likeness (QED) is 0.773. The highest BCUT2D eigenvalue weighted by Crippen LogP contribution is 2.34. The molecule has 0 bridgehead atoms. The SMILES string of the molecule is CCNC(c1sc(C)cc1C)C(CC)CC. The number of aryl methyl sites for hydroxylation is 2. The topological polar surface area (TPSA) is 12.0 Å². The summed E-state index contributed by atoms with van der Waals surface area (Å²) in [6.45, 7) is 12.3. The van der Waals surface area contributed by atoms with Crippen LogP contribution in [0.2, 0.25) is 0 Å². The summed E-state index contributed by atoms with van der Waals surface area (Å²) in [6.07, 6.45) is 2.51. The molecule has 16 heavy (non-hydrogen) atoms. The molecule has 0 aliphatic carbocycles. The van der Waals surface area contributed by atoms with E-state index >= 15 is 0 Å². The number of nitrogens with one attached hydrogen (secondary N) is 1. The molecule has 1 heterocycles. The molecule has 1 unspecified atom stereocenters. The molecule has 0 aliphatic heterocycles. The van der Waals surface area contributed by atoms with E-state index in [1.165, 1.54) is 23.3 Å². The van der Waals surface area contributed by atoms with E-state index in [1.807, 2.05) is 11.3 Å². The minimum absolute atomic E-state index is 0.554. The number of rotatable bonds is 6. The monoisotopic (exact) mass is 239 g/mol. The molecule has 92 valence electrons. The average molecular weight is 239 g/mol. The molecule has 1 atom stereocenters. The van der Waals surface area contributed by atoms with Crippen molar-refractivity contribution in [1.29, 1.82) is 0 Å². The average Bonchev–Trinajstić information content (AvgIpc) is 2.58. The first-order valence-corrected chi connectivity index (χ1v) is 7.25. The second-order valence-corrected chi connectivity index (χ2v) is 5.80. The maximum atomic E-state index is 3.67. The van der Waals surface area contributed by atoms with Crippen LogP contribution in [0, 0.1) is 19.8 Å². The first kappa shape index (κ1) is 13.7. The van der Waals surface area contributed by atoms with E-state index in [0.717, 1.165) is 12.5 Å². The molecule has 2 heteroatoms. The lowest BCUT2D eigenvalue weighted by molar-refractivity contribution is 0.350. The Hall–Kier alpha value is -0.340. The van der Waals surface area contributed by atoms with Crippen LogP contribution in [0.15, 0.2) is 6.07 Å². The molecular formula is C14H25NS. The van der Waals surface area contributed by atoms with Crippen LogP contribution in [0.4, 0.5) is 0 Å². The van der Waals surface area contributed by atoms with Crippen molar-refractivity contribution < 1.29 is 0 Å². The Labute approximate surface area is 104 Å². The predicted octanol–water partition coefficient (Wildman–Crippen LogP) is 4.45. The summed E-state index contributed by atoms with van der Waals surface area (Å²) < 4.78 is 0. The Bertz CT molecular complexity index is 313. The summed E-state index contributed by atoms with van der Waals surface area (Å²) in [5.74, 6) is 0.761. The van der Waals surface area contributed by atoms with E-state index in [9.17, 15) is 0 Å². The molecule has 0 radical (unpaired) electrons. The van der Waals surface area contributed by atoms with Crippen LogP contribution in [-0.2, 0) is 0 Å². The molecule has 0 spiro atoms. The fraction of sp³-hybridized carbons (Fsp3) is 0.714. The van der Waals surface area contributed by atoms with E-state index in [1.54, 1.807) is 4.88 Å². The summed E-state index contributed by atoms with van der Waals surface area (Å²) in [7, 11) is 0. The first-order valence-electron chi connectivity index (χ1n) is 6.44. The Morgan fingerprint density at radius 1 is 1.19 bits per heavy atom. The van der Waals surface area contributed by atoms with Crippen LogP contribution in [0.3, 0.4) is 0 Å². The Balaban J connectivity index is 2.96. The second kappa shape index (κ2) is 6.41. The molecule has 0 saturated carbocycles. The molecule has 1 N–H and O–H groups in total. The molecule has 0 saturated heterocycles. The van der Waals surface area contributed by atoms with Crippen molar-refractivity contribution in [2.24, 2.45) is 5.92 Å². The zero-order valence-corrected chi connectivity index (χ0v) is 12.1. The highest BCUT2D eigenvalue weighted by Gasteiger charge is 2.22. The van der Waals surface area contributed by atoms with Gasteiger partial charge in [0.2, 0.25) is 0 Å². The Morgan fingerprint density at radius 3 is 2.19 bits per heavy atom. The van der Waals surface area contributed by atoms with Crippen molar-refractivity contribution >= 4 is 11.3 Å². The predicted molar refractivity (Wildman–Crippen MR) is 74.3 cm³/mol. The third-order valence-corrected chi connectivity index (χ3v) is 4.54. The standard InChI is InChI=1S/C14H25NS/c1-6-12(7-2)13(15-8-3)14-10(4)9-11(5)16-14/h9,12-13,15H,6-8H2,1-5H3. The van der Waals surface area contributed by atoms with E-state index in [4.69, 9.17) is 0 Å². The largest absolute Gasteiger partial charge is 0.309 e. The van der Waals surface area contributed by atoms with E-state index in [2.05, 4.69) is 46.0 Å². The normalized spacial score (nSPS) is 13.4. The molecule has 1 rings (SSSR count). The molecule has 1 aromatic rings. The van der Waals surface area contributed by atoms with Gasteiger partial charge in [-0.3, -0.25) is 0 Å². The fourth-order valence-electron chi connectivity index (χ4n) is 2.42. The highest BCUT2D eigenvalue weighted by molar-refractivity contribution is 7.12. The van der Waals surface area contributed by atoms with E-state index < -0.39 is 0 Å². The van der Waals surface area contributed by atoms with Gasteiger partial charge in [-0.25, -0.2) is 0 Å². The molecule has 0 fully saturated rings. The summed E-state index contributed by atoms with van der Waals surface area (Å²) in [5, 5.41) is 3.67. The maximum absolute atomic E-state index is 3.67. The lowest BCUT2D eigenvalue weighted by Gasteiger charge is -2.26. The molecular weight excluding hydrogens is 214 g/mol. The molecule has 0 aromatic carbocycles. The minimum atomic E-state index is 0.554. The summed E-state index contributed by atoms with van der Waals surface area (Å²) >= 11 is 1.96. The van der Waals surface area contributed by atoms with Crippen LogP contribution in [0.1, 0.15) is 55.0 Å². The summed E-state index contributed by atoms with van der Waals surface area (Å²) in [5.41, 5.74) is 1.46. The Kier molecular flexibility index (Phi) is 5.50. The fourth-order valence-corrected chi connectivity index (χ4v) is 3.63. The smallest absolute Gasteiger partial charge is 0.0445 e. The van der Waals surface area contributed by atoms with Gasteiger partial charge in [-0.05, 0) is 37.9 Å². The minimum Gasteiger partial charge on any atom is -0.309 e. The van der Waals surface area contributed by atoms with Gasteiger partial charge in [-0.2, -0.15) is 0 Å². The van der Waals surface area contributed by atoms with Gasteiger partial charge in [0.1, 0.15) is 0 Å². The van der Waals surface area contributed by atoms with Gasteiger partial charge in [0.25, 0.3) is 0 Å². The molecule has 1 aromatic heterocycles. The van der Waals surface area contributed by atoms with Crippen molar-refractivity contribution in [3.8, 4) is 0 Å². The zero-order chi connectivity index (χ0) is 12.1. The lowest BCUT2D eigenvalue weighted by atomic mass is 9.91. The van der Waals surface area contributed by atoms with Gasteiger partial charge in [-0.15, -0.1) is 11.3 Å². The van der Waals surface area contributed by atoms with Gasteiger partial charge >= 0.3 is 0 Å². The van der Waals surface area contributed by atoms with E-state index in [-0.39, 0.29) is 0 Å². The van der Waals surface area contributed by atoms with Crippen molar-refractivity contribution in [1.82, 2.24) is 5.32 Å². The Morgan fingerprint density at radius 2 is 1.81 bits per heavy atom. The number of thiophene rings is 1. The van der Waals surface area contributed by atoms with Gasteiger partial charge in [0, 0.05) is 15.8 Å². The van der Waals surface area contributed by atoms with Crippen LogP contribution < -0.4 is 5.32 Å². The molecule has 0 amide bonds. The third kappa shape index (κ3) is 3.08. The van der Waals surface area contributed by atoms with Crippen LogP contribution in [-0.4, -0.2) is 6.54 Å². The summed E-state index contributed by atoms with van der Waals surface area (Å²) in [6, 6.07) is 2.87. The number of hydrogen-bond acceptors (Lipinski definition) is 2. The lowest BCUT2D eigenvalue weighted by Crippen LogP contribution is -2.27. The first-order chi connectivity index (χ1) is 7.63. The van der Waals surface area contributed by atoms with Gasteiger partial charge in [0.05, 0.1) is 0 Å². The van der Waals surface area contributed by atoms with E-state index in [0.29, 0.717) is 6.04 Å². The van der Waals surface area contributed by atoms with Crippen molar-refractivity contribution in [3.63, 3.8) is 0 Å².